The molecule has 0 saturated carbocycles. The van der Waals surface area contributed by atoms with Crippen molar-refractivity contribution in [3.63, 3.8) is 0 Å². The zero-order chi connectivity index (χ0) is 16.4. The van der Waals surface area contributed by atoms with E-state index < -0.39 is 36.6 Å². The quantitative estimate of drug-likeness (QED) is 0.289. The first kappa shape index (κ1) is 16.5. The second-order valence-corrected chi connectivity index (χ2v) is 4.63. The van der Waals surface area contributed by atoms with Gasteiger partial charge in [0, 0.05) is 0 Å². The van der Waals surface area contributed by atoms with Gasteiger partial charge in [-0.2, -0.15) is 15.0 Å². The van der Waals surface area contributed by atoms with Gasteiger partial charge in [-0.25, -0.2) is 10.3 Å². The van der Waals surface area contributed by atoms with Gasteiger partial charge in [-0.3, -0.25) is 5.21 Å². The van der Waals surface area contributed by atoms with Crippen molar-refractivity contribution in [1.82, 2.24) is 15.0 Å². The van der Waals surface area contributed by atoms with Crippen LogP contribution < -0.4 is 10.8 Å². The van der Waals surface area contributed by atoms with Gasteiger partial charge in [-0.05, 0) is 11.6 Å². The number of nitrogens with zero attached hydrogens (tertiary/aromatic N) is 3. The minimum absolute atomic E-state index is 0.270. The number of aliphatic hydroxyl groups excluding tert-OH is 3. The van der Waals surface area contributed by atoms with Gasteiger partial charge in [0.1, 0.15) is 18.3 Å². The van der Waals surface area contributed by atoms with E-state index in [-0.39, 0.29) is 17.2 Å². The smallest absolute Gasteiger partial charge is 0.335 e. The summed E-state index contributed by atoms with van der Waals surface area (Å²) >= 11 is 5.57. The van der Waals surface area contributed by atoms with Crippen LogP contribution in [0.3, 0.4) is 0 Å². The number of aliphatic carboxylic acids is 1. The number of nitrogens with one attached hydrogen (secondary N) is 2. The van der Waals surface area contributed by atoms with E-state index in [1.807, 2.05) is 0 Å². The molecule has 0 aliphatic carbocycles. The van der Waals surface area contributed by atoms with Crippen LogP contribution in [0.1, 0.15) is 0 Å². The number of hydrogen-bond donors (Lipinski definition) is 7. The van der Waals surface area contributed by atoms with Gasteiger partial charge in [0.2, 0.25) is 11.2 Å². The number of carbonyl (C=O) groups is 1. The maximum atomic E-state index is 11.0. The van der Waals surface area contributed by atoms with Crippen molar-refractivity contribution < 1.29 is 35.2 Å². The lowest BCUT2D eigenvalue weighted by atomic mass is 9.98. The van der Waals surface area contributed by atoms with Gasteiger partial charge >= 0.3 is 5.97 Å². The zero-order valence-corrected chi connectivity index (χ0v) is 11.4. The SMILES string of the molecule is O=C(O)[C@@H]1OC(Nc2nc(Cl)nc(NO)n2)[C@@H](O)[C@@H](O)[C@H]1O. The van der Waals surface area contributed by atoms with Gasteiger partial charge < -0.3 is 30.5 Å². The summed E-state index contributed by atoms with van der Waals surface area (Å²) in [5, 5.41) is 48.7. The first-order valence-electron chi connectivity index (χ1n) is 5.84. The average molecular weight is 338 g/mol. The first-order chi connectivity index (χ1) is 10.3. The van der Waals surface area contributed by atoms with Crippen LogP contribution in [0.4, 0.5) is 11.9 Å². The number of ether oxygens (including phenoxy) is 1. The Bertz CT molecular complexity index is 563. The highest BCUT2D eigenvalue weighted by atomic mass is 35.5. The molecule has 22 heavy (non-hydrogen) atoms. The molecule has 1 fully saturated rings. The number of anilines is 2. The predicted molar refractivity (Wildman–Crippen MR) is 68.2 cm³/mol. The molecule has 0 bridgehead atoms. The van der Waals surface area contributed by atoms with Gasteiger partial charge in [0.15, 0.2) is 12.3 Å². The molecule has 1 unspecified atom stereocenters. The van der Waals surface area contributed by atoms with E-state index in [0.29, 0.717) is 0 Å². The number of aliphatic hydroxyl groups is 3. The third-order valence-corrected chi connectivity index (χ3v) is 3.01. The summed E-state index contributed by atoms with van der Waals surface area (Å²) in [6, 6.07) is 0. The second kappa shape index (κ2) is 6.51. The fraction of sp³-hybridized carbons (Fsp3) is 0.556. The van der Waals surface area contributed by atoms with Crippen molar-refractivity contribution in [2.24, 2.45) is 0 Å². The van der Waals surface area contributed by atoms with Gasteiger partial charge in [0.05, 0.1) is 0 Å². The largest absolute Gasteiger partial charge is 0.479 e. The van der Waals surface area contributed by atoms with Gasteiger partial charge in [0.25, 0.3) is 5.95 Å². The molecule has 1 aromatic heterocycles. The molecule has 1 aliphatic rings. The molecule has 13 heteroatoms. The molecule has 5 atom stereocenters. The summed E-state index contributed by atoms with van der Waals surface area (Å²) in [4.78, 5) is 21.7. The summed E-state index contributed by atoms with van der Waals surface area (Å²) in [6.45, 7) is 0. The molecule has 122 valence electrons. The number of hydrogen-bond acceptors (Lipinski definition) is 11. The molecule has 0 spiro atoms. The minimum atomic E-state index is -1.82. The molecular formula is C9H12ClN5O7. The lowest BCUT2D eigenvalue weighted by Crippen LogP contribution is -2.61. The Morgan fingerprint density at radius 2 is 1.73 bits per heavy atom. The Kier molecular flexibility index (Phi) is 4.90. The topological polar surface area (TPSA) is 190 Å². The van der Waals surface area contributed by atoms with Gasteiger partial charge in [-0.15, -0.1) is 0 Å². The summed E-state index contributed by atoms with van der Waals surface area (Å²) < 4.78 is 4.96. The summed E-state index contributed by atoms with van der Waals surface area (Å²) in [5.41, 5.74) is 1.63. The maximum Gasteiger partial charge on any atom is 0.335 e. The van der Waals surface area contributed by atoms with Crippen molar-refractivity contribution >= 4 is 29.5 Å². The minimum Gasteiger partial charge on any atom is -0.479 e. The maximum absolute atomic E-state index is 11.0. The lowest BCUT2D eigenvalue weighted by molar-refractivity contribution is -0.221. The second-order valence-electron chi connectivity index (χ2n) is 4.30. The van der Waals surface area contributed by atoms with Crippen LogP contribution in [-0.4, -0.2) is 77.2 Å². The normalized spacial score (nSPS) is 31.6. The lowest BCUT2D eigenvalue weighted by Gasteiger charge is -2.38. The molecule has 12 nitrogen and oxygen atoms in total. The van der Waals surface area contributed by atoms with Crippen LogP contribution in [0.2, 0.25) is 5.28 Å². The Balaban J connectivity index is 2.20. The van der Waals surface area contributed by atoms with Crippen LogP contribution in [-0.2, 0) is 9.53 Å². The highest BCUT2D eigenvalue weighted by Crippen LogP contribution is 2.22. The molecule has 0 aromatic carbocycles. The van der Waals surface area contributed by atoms with Crippen molar-refractivity contribution in [2.75, 3.05) is 10.8 Å². The molecule has 0 amide bonds. The van der Waals surface area contributed by atoms with Crippen molar-refractivity contribution in [3.8, 4) is 0 Å². The van der Waals surface area contributed by atoms with E-state index in [1.165, 1.54) is 0 Å². The fourth-order valence-corrected chi connectivity index (χ4v) is 1.95. The third-order valence-electron chi connectivity index (χ3n) is 2.84. The van der Waals surface area contributed by atoms with Crippen LogP contribution in [0, 0.1) is 0 Å². The van der Waals surface area contributed by atoms with Gasteiger partial charge in [-0.1, -0.05) is 0 Å². The monoisotopic (exact) mass is 337 g/mol. The molecule has 1 saturated heterocycles. The summed E-state index contributed by atoms with van der Waals surface area (Å²) in [5.74, 6) is -2.12. The van der Waals surface area contributed by atoms with E-state index in [4.69, 9.17) is 26.7 Å². The van der Waals surface area contributed by atoms with Crippen molar-refractivity contribution in [3.05, 3.63) is 5.28 Å². The van der Waals surface area contributed by atoms with E-state index >= 15 is 0 Å². The highest BCUT2D eigenvalue weighted by molar-refractivity contribution is 6.28. The van der Waals surface area contributed by atoms with Crippen LogP contribution in [0.25, 0.3) is 0 Å². The number of aromatic nitrogens is 3. The Morgan fingerprint density at radius 3 is 2.32 bits per heavy atom. The van der Waals surface area contributed by atoms with E-state index in [1.54, 1.807) is 5.48 Å². The Hall–Kier alpha value is -1.83. The molecule has 2 rings (SSSR count). The molecule has 1 aromatic rings. The number of rotatable bonds is 4. The van der Waals surface area contributed by atoms with E-state index in [9.17, 15) is 20.1 Å². The first-order valence-corrected chi connectivity index (χ1v) is 6.22. The Morgan fingerprint density at radius 1 is 1.09 bits per heavy atom. The average Bonchev–Trinajstić information content (AvgIpc) is 2.46. The zero-order valence-electron chi connectivity index (χ0n) is 10.7. The van der Waals surface area contributed by atoms with Crippen LogP contribution in [0.5, 0.6) is 0 Å². The fourth-order valence-electron chi connectivity index (χ4n) is 1.79. The number of carboxylic acids is 1. The molecular weight excluding hydrogens is 326 g/mol. The summed E-state index contributed by atoms with van der Waals surface area (Å²) in [7, 11) is 0. The predicted octanol–water partition coefficient (Wildman–Crippen LogP) is -2.37. The molecule has 1 aliphatic heterocycles. The van der Waals surface area contributed by atoms with E-state index in [2.05, 4.69) is 20.3 Å². The van der Waals surface area contributed by atoms with E-state index in [0.717, 1.165) is 0 Å². The van der Waals surface area contributed by atoms with Crippen molar-refractivity contribution in [2.45, 2.75) is 30.6 Å². The number of carboxylic acid groups (broad SMARTS) is 1. The number of halogens is 1. The van der Waals surface area contributed by atoms with Crippen molar-refractivity contribution in [1.29, 1.82) is 0 Å². The Labute approximate surface area is 127 Å². The van der Waals surface area contributed by atoms with Crippen LogP contribution in [0.15, 0.2) is 0 Å². The molecule has 7 N–H and O–H groups in total. The molecule has 2 heterocycles. The third kappa shape index (κ3) is 3.32. The van der Waals surface area contributed by atoms with Crippen LogP contribution >= 0.6 is 11.6 Å². The molecule has 0 radical (unpaired) electrons. The standard InChI is InChI=1S/C9H12ClN5O7/c10-7-12-8(14-9(13-7)15-21)11-5-3(18)1(16)2(17)4(22-5)6(19)20/h1-5,16-18,21H,(H,19,20)(H2,11,12,13,14,15)/t1-,2+,3-,4+,5?/m0/s1. The summed E-state index contributed by atoms with van der Waals surface area (Å²) in [6.07, 6.45) is -8.50. The highest BCUT2D eigenvalue weighted by Gasteiger charge is 2.47.